The van der Waals surface area contributed by atoms with Crippen molar-refractivity contribution < 1.29 is 13.2 Å². The molecule has 1 unspecified atom stereocenters. The first-order chi connectivity index (χ1) is 19.0. The second kappa shape index (κ2) is 11.7. The van der Waals surface area contributed by atoms with Gasteiger partial charge in [-0.3, -0.25) is 9.52 Å². The smallest absolute Gasteiger partial charge is 0.263 e. The van der Waals surface area contributed by atoms with E-state index < -0.39 is 21.2 Å². The van der Waals surface area contributed by atoms with Gasteiger partial charge < -0.3 is 11.1 Å². The summed E-state index contributed by atoms with van der Waals surface area (Å²) in [7, 11) is -3.88. The minimum Gasteiger partial charge on any atom is -0.383 e. The molecule has 1 amide bonds. The van der Waals surface area contributed by atoms with Crippen LogP contribution in [0.25, 0.3) is 11.1 Å². The minimum absolute atomic E-state index is 0.0136. The normalized spacial score (nSPS) is 11.7. The largest absolute Gasteiger partial charge is 0.383 e. The third kappa shape index (κ3) is 6.21. The first-order valence-electron chi connectivity index (χ1n) is 11.6. The van der Waals surface area contributed by atoms with Crippen LogP contribution < -0.4 is 15.8 Å². The molecule has 0 radical (unpaired) electrons. The van der Waals surface area contributed by atoms with Gasteiger partial charge in [-0.1, -0.05) is 52.9 Å². The van der Waals surface area contributed by atoms with Crippen LogP contribution in [0.5, 0.6) is 0 Å². The summed E-state index contributed by atoms with van der Waals surface area (Å²) in [6.07, 6.45) is 0. The molecule has 0 aliphatic rings. The van der Waals surface area contributed by atoms with Crippen molar-refractivity contribution in [3.63, 3.8) is 0 Å². The maximum absolute atomic E-state index is 13.0. The van der Waals surface area contributed by atoms with Crippen molar-refractivity contribution >= 4 is 55.7 Å². The Morgan fingerprint density at radius 3 is 2.25 bits per heavy atom. The van der Waals surface area contributed by atoms with Gasteiger partial charge in [-0.25, -0.2) is 13.4 Å². The lowest BCUT2D eigenvalue weighted by molar-refractivity contribution is -0.115. The topological polar surface area (TPSA) is 188 Å². The Morgan fingerprint density at radius 2 is 1.68 bits per heavy atom. The zero-order chi connectivity index (χ0) is 29.0. The zero-order valence-corrected chi connectivity index (χ0v) is 23.9. The van der Waals surface area contributed by atoms with Crippen LogP contribution in [0.1, 0.15) is 28.6 Å². The maximum Gasteiger partial charge on any atom is 0.263 e. The number of hydrogen-bond donors (Lipinski definition) is 3. The summed E-state index contributed by atoms with van der Waals surface area (Å²) < 4.78 is 27.6. The van der Waals surface area contributed by atoms with Gasteiger partial charge in [0.2, 0.25) is 11.0 Å². The van der Waals surface area contributed by atoms with Gasteiger partial charge in [0.05, 0.1) is 15.7 Å². The molecule has 40 heavy (non-hydrogen) atoms. The number of benzene rings is 2. The van der Waals surface area contributed by atoms with Crippen molar-refractivity contribution in [2.24, 2.45) is 0 Å². The molecule has 0 bridgehead atoms. The van der Waals surface area contributed by atoms with Crippen molar-refractivity contribution in [2.75, 3.05) is 15.8 Å². The molecule has 0 aliphatic heterocycles. The molecular formula is C26H22N8O3S3. The first-order valence-corrected chi connectivity index (χ1v) is 14.8. The fraction of sp³-hybridized carbons (Fsp3) is 0.154. The van der Waals surface area contributed by atoms with E-state index >= 15 is 0 Å². The summed E-state index contributed by atoms with van der Waals surface area (Å²) in [5.41, 5.74) is 8.70. The number of nitrogens with one attached hydrogen (secondary N) is 2. The number of amides is 1. The second-order valence-corrected chi connectivity index (χ2v) is 12.7. The van der Waals surface area contributed by atoms with Gasteiger partial charge in [0.15, 0.2) is 0 Å². The molecule has 0 saturated heterocycles. The molecule has 0 saturated carbocycles. The lowest BCUT2D eigenvalue weighted by Gasteiger charge is -2.16. The summed E-state index contributed by atoms with van der Waals surface area (Å²) in [5, 5.41) is 30.2. The lowest BCUT2D eigenvalue weighted by atomic mass is 9.96. The second-order valence-electron chi connectivity index (χ2n) is 8.52. The molecular weight excluding hydrogens is 569 g/mol. The number of hydrogen-bond acceptors (Lipinski definition) is 11. The van der Waals surface area contributed by atoms with Crippen molar-refractivity contribution in [3.05, 3.63) is 70.2 Å². The molecule has 11 nitrogen and oxygen atoms in total. The summed E-state index contributed by atoms with van der Waals surface area (Å²) in [5.74, 6) is -0.449. The number of anilines is 3. The highest BCUT2D eigenvalue weighted by Crippen LogP contribution is 2.37. The number of pyridine rings is 1. The molecule has 2 aromatic heterocycles. The third-order valence-corrected chi connectivity index (χ3v) is 8.92. The van der Waals surface area contributed by atoms with E-state index in [1.807, 2.05) is 25.1 Å². The van der Waals surface area contributed by atoms with E-state index in [9.17, 15) is 23.7 Å². The van der Waals surface area contributed by atoms with E-state index in [-0.39, 0.29) is 32.0 Å². The number of nitrogen functional groups attached to an aromatic ring is 1. The van der Waals surface area contributed by atoms with Crippen LogP contribution in [0.3, 0.4) is 0 Å². The van der Waals surface area contributed by atoms with E-state index in [0.29, 0.717) is 21.8 Å². The van der Waals surface area contributed by atoms with Gasteiger partial charge in [-0.2, -0.15) is 10.5 Å². The number of nitrogens with zero attached hydrogens (tertiary/aromatic N) is 5. The van der Waals surface area contributed by atoms with Crippen LogP contribution in [0.2, 0.25) is 0 Å². The number of nitrogens with two attached hydrogens (primary N) is 1. The number of nitriles is 2. The van der Waals surface area contributed by atoms with Crippen LogP contribution >= 0.6 is 23.1 Å². The summed E-state index contributed by atoms with van der Waals surface area (Å²) >= 11 is 2.13. The minimum atomic E-state index is -3.88. The number of thioether (sulfide) groups is 1. The fourth-order valence-electron chi connectivity index (χ4n) is 3.59. The summed E-state index contributed by atoms with van der Waals surface area (Å²) in [4.78, 5) is 17.2. The Labute approximate surface area is 239 Å². The zero-order valence-electron chi connectivity index (χ0n) is 21.5. The Kier molecular flexibility index (Phi) is 8.35. The van der Waals surface area contributed by atoms with Gasteiger partial charge in [0.25, 0.3) is 10.0 Å². The Hall–Kier alpha value is -4.50. The molecule has 0 fully saturated rings. The highest BCUT2D eigenvalue weighted by atomic mass is 32.2. The third-order valence-electron chi connectivity index (χ3n) is 5.59. The molecule has 1 atom stereocenters. The average Bonchev–Trinajstić information content (AvgIpc) is 3.32. The summed E-state index contributed by atoms with van der Waals surface area (Å²) in [6, 6.07) is 17.1. The fourth-order valence-corrected chi connectivity index (χ4v) is 6.33. The van der Waals surface area contributed by atoms with Crippen LogP contribution in [0.15, 0.2) is 58.5 Å². The SMILES string of the molecule is Cc1ccc(-c2c(C#N)c(N)nc(SC(C)C(=O)Nc3ccc(S(=O)(=O)Nc4nnc(C)s4)cc3)c2C#N)cc1. The van der Waals surface area contributed by atoms with Crippen LogP contribution in [0.4, 0.5) is 16.6 Å². The van der Waals surface area contributed by atoms with Crippen molar-refractivity contribution in [3.8, 4) is 23.3 Å². The van der Waals surface area contributed by atoms with Crippen molar-refractivity contribution in [1.29, 1.82) is 10.5 Å². The molecule has 0 spiro atoms. The number of carbonyl (C=O) groups excluding carboxylic acids is 1. The lowest BCUT2D eigenvalue weighted by Crippen LogP contribution is -2.23. The molecule has 4 rings (SSSR count). The van der Waals surface area contributed by atoms with Crippen molar-refractivity contribution in [1.82, 2.24) is 15.2 Å². The molecule has 2 aromatic carbocycles. The first kappa shape index (κ1) is 28.5. The number of carbonyl (C=O) groups is 1. The van der Waals surface area contributed by atoms with Gasteiger partial charge in [0.1, 0.15) is 33.6 Å². The standard InChI is InChI=1S/C26H22N8O3S3/c1-14-4-6-17(7-5-14)22-20(12-27)23(29)31-25(21(22)13-28)38-15(2)24(35)30-18-8-10-19(11-9-18)40(36,37)34-26-33-32-16(3)39-26/h4-11,15H,1-3H3,(H2,29,31)(H,30,35)(H,33,34). The monoisotopic (exact) mass is 590 g/mol. The van der Waals surface area contributed by atoms with E-state index in [1.54, 1.807) is 26.0 Å². The highest BCUT2D eigenvalue weighted by Gasteiger charge is 2.24. The van der Waals surface area contributed by atoms with E-state index in [4.69, 9.17) is 5.73 Å². The molecule has 0 aliphatic carbocycles. The van der Waals surface area contributed by atoms with E-state index in [0.717, 1.165) is 28.7 Å². The predicted octanol–water partition coefficient (Wildman–Crippen LogP) is 4.46. The molecule has 4 N–H and O–H groups in total. The highest BCUT2D eigenvalue weighted by molar-refractivity contribution is 8.00. The van der Waals surface area contributed by atoms with Crippen molar-refractivity contribution in [2.45, 2.75) is 35.9 Å². The average molecular weight is 591 g/mol. The van der Waals surface area contributed by atoms with E-state index in [1.165, 1.54) is 24.3 Å². The Bertz CT molecular complexity index is 1770. The predicted molar refractivity (Wildman–Crippen MR) is 154 cm³/mol. The number of aryl methyl sites for hydroxylation is 2. The number of aromatic nitrogens is 3. The van der Waals surface area contributed by atoms with E-state index in [2.05, 4.69) is 31.3 Å². The quantitative estimate of drug-likeness (QED) is 0.247. The summed E-state index contributed by atoms with van der Waals surface area (Å²) in [6.45, 7) is 5.27. The van der Waals surface area contributed by atoms with Gasteiger partial charge in [-0.05, 0) is 50.6 Å². The van der Waals surface area contributed by atoms with Gasteiger partial charge >= 0.3 is 0 Å². The molecule has 202 valence electrons. The molecule has 4 aromatic rings. The Balaban J connectivity index is 1.52. The number of rotatable bonds is 8. The molecule has 2 heterocycles. The maximum atomic E-state index is 13.0. The number of sulfonamides is 1. The van der Waals surface area contributed by atoms with Gasteiger partial charge in [-0.15, -0.1) is 10.2 Å². The van der Waals surface area contributed by atoms with Crippen LogP contribution in [-0.2, 0) is 14.8 Å². The van der Waals surface area contributed by atoms with Crippen LogP contribution in [0, 0.1) is 36.5 Å². The molecule has 14 heteroatoms. The van der Waals surface area contributed by atoms with Crippen LogP contribution in [-0.4, -0.2) is 34.8 Å². The Morgan fingerprint density at radius 1 is 1.02 bits per heavy atom. The van der Waals surface area contributed by atoms with Gasteiger partial charge in [0, 0.05) is 11.3 Å².